The van der Waals surface area contributed by atoms with Gasteiger partial charge in [-0.05, 0) is 60.4 Å². The Hall–Kier alpha value is -3.93. The van der Waals surface area contributed by atoms with Crippen LogP contribution < -0.4 is 10.1 Å². The van der Waals surface area contributed by atoms with Gasteiger partial charge in [-0.1, -0.05) is 18.2 Å². The lowest BCUT2D eigenvalue weighted by Gasteiger charge is -2.20. The summed E-state index contributed by atoms with van der Waals surface area (Å²) in [6, 6.07) is 18.8. The highest BCUT2D eigenvalue weighted by Crippen LogP contribution is 2.29. The molecule has 1 aliphatic rings. The molecule has 0 aliphatic carbocycles. The lowest BCUT2D eigenvalue weighted by Crippen LogP contribution is -2.19. The largest absolute Gasteiger partial charge is 0.493 e. The first-order valence-electron chi connectivity index (χ1n) is 11.8. The van der Waals surface area contributed by atoms with E-state index < -0.39 is 12.3 Å². The van der Waals surface area contributed by atoms with E-state index in [1.807, 2.05) is 24.3 Å². The fraction of sp³-hybridized carbons (Fsp3) is 0.296. The summed E-state index contributed by atoms with van der Waals surface area (Å²) in [6.07, 6.45) is 3.19. The normalized spacial score (nSPS) is 13.8. The van der Waals surface area contributed by atoms with Crippen LogP contribution in [0.3, 0.4) is 0 Å². The maximum absolute atomic E-state index is 9.70. The SMILES string of the molecule is N#Cc1cccc(C(CC(O)O)n2ncc3cc(OCCc4ccc5c(n4)NCCC5)ccc32)c1. The number of pyridine rings is 1. The zero-order valence-electron chi connectivity index (χ0n) is 19.3. The third-order valence-electron chi connectivity index (χ3n) is 6.28. The second-order valence-electron chi connectivity index (χ2n) is 8.72. The Balaban J connectivity index is 1.32. The van der Waals surface area contributed by atoms with Crippen molar-refractivity contribution in [3.8, 4) is 11.8 Å². The van der Waals surface area contributed by atoms with E-state index in [2.05, 4.69) is 28.6 Å². The average Bonchev–Trinajstić information content (AvgIpc) is 3.30. The zero-order valence-corrected chi connectivity index (χ0v) is 19.3. The Morgan fingerprint density at radius 1 is 1.14 bits per heavy atom. The molecule has 8 nitrogen and oxygen atoms in total. The molecule has 35 heavy (non-hydrogen) atoms. The first-order chi connectivity index (χ1) is 17.1. The van der Waals surface area contributed by atoms with Crippen LogP contribution in [0.4, 0.5) is 5.82 Å². The van der Waals surface area contributed by atoms with Crippen molar-refractivity contribution in [2.75, 3.05) is 18.5 Å². The number of nitrogens with zero attached hydrogens (tertiary/aromatic N) is 4. The molecule has 0 bridgehead atoms. The Labute approximate surface area is 203 Å². The van der Waals surface area contributed by atoms with Crippen LogP contribution in [0.2, 0.25) is 0 Å². The first-order valence-corrected chi connectivity index (χ1v) is 11.8. The minimum atomic E-state index is -1.51. The highest BCUT2D eigenvalue weighted by Gasteiger charge is 2.21. The highest BCUT2D eigenvalue weighted by atomic mass is 16.5. The van der Waals surface area contributed by atoms with Gasteiger partial charge in [-0.25, -0.2) is 4.98 Å². The number of hydrogen-bond donors (Lipinski definition) is 3. The van der Waals surface area contributed by atoms with Crippen LogP contribution >= 0.6 is 0 Å². The van der Waals surface area contributed by atoms with Gasteiger partial charge in [0, 0.05) is 30.5 Å². The van der Waals surface area contributed by atoms with Crippen molar-refractivity contribution in [2.24, 2.45) is 0 Å². The zero-order chi connectivity index (χ0) is 24.2. The molecule has 1 aliphatic heterocycles. The number of anilines is 1. The fourth-order valence-electron chi connectivity index (χ4n) is 4.54. The van der Waals surface area contributed by atoms with Crippen molar-refractivity contribution in [1.29, 1.82) is 5.26 Å². The molecule has 2 aromatic heterocycles. The topological polar surface area (TPSA) is 116 Å². The maximum Gasteiger partial charge on any atom is 0.153 e. The number of fused-ring (bicyclic) bond motifs is 2. The van der Waals surface area contributed by atoms with Gasteiger partial charge in [-0.3, -0.25) is 4.68 Å². The van der Waals surface area contributed by atoms with Crippen molar-refractivity contribution in [2.45, 2.75) is 38.0 Å². The van der Waals surface area contributed by atoms with E-state index in [0.29, 0.717) is 18.6 Å². The van der Waals surface area contributed by atoms with Gasteiger partial charge in [0.05, 0.1) is 36.0 Å². The number of rotatable bonds is 8. The quantitative estimate of drug-likeness (QED) is 0.338. The summed E-state index contributed by atoms with van der Waals surface area (Å²) < 4.78 is 7.76. The van der Waals surface area contributed by atoms with E-state index in [1.165, 1.54) is 5.56 Å². The van der Waals surface area contributed by atoms with Gasteiger partial charge in [-0.15, -0.1) is 0 Å². The van der Waals surface area contributed by atoms with Gasteiger partial charge in [0.25, 0.3) is 0 Å². The number of aliphatic hydroxyl groups is 2. The second kappa shape index (κ2) is 10.1. The Kier molecular flexibility index (Phi) is 6.62. The van der Waals surface area contributed by atoms with Crippen molar-refractivity contribution in [1.82, 2.24) is 14.8 Å². The number of benzene rings is 2. The highest BCUT2D eigenvalue weighted by molar-refractivity contribution is 5.80. The fourth-order valence-corrected chi connectivity index (χ4v) is 4.54. The van der Waals surface area contributed by atoms with Crippen LogP contribution in [0, 0.1) is 11.3 Å². The molecule has 2 aromatic carbocycles. The number of aliphatic hydroxyl groups excluding tert-OH is 1. The van der Waals surface area contributed by atoms with Crippen LogP contribution in [0.15, 0.2) is 60.8 Å². The molecule has 0 saturated heterocycles. The molecule has 0 amide bonds. The lowest BCUT2D eigenvalue weighted by molar-refractivity contribution is -0.0520. The number of hydrogen-bond acceptors (Lipinski definition) is 7. The monoisotopic (exact) mass is 469 g/mol. The van der Waals surface area contributed by atoms with Gasteiger partial charge in [-0.2, -0.15) is 10.4 Å². The first kappa shape index (κ1) is 22.8. The Bertz CT molecular complexity index is 1380. The minimum absolute atomic E-state index is 0.0482. The summed E-state index contributed by atoms with van der Waals surface area (Å²) in [6.45, 7) is 1.47. The van der Waals surface area contributed by atoms with E-state index in [4.69, 9.17) is 9.72 Å². The van der Waals surface area contributed by atoms with Gasteiger partial charge in [0.15, 0.2) is 6.29 Å². The standard InChI is InChI=1S/C27H27N5O3/c28-16-18-3-1-4-20(13-18)25(15-26(33)34)32-24-9-8-23(14-21(24)17-30-32)35-12-10-22-7-6-19-5-2-11-29-27(19)31-22/h1,3-4,6-9,13-14,17,25-26,33-34H,2,5,10-12,15H2,(H,29,31). The predicted molar refractivity (Wildman–Crippen MR) is 132 cm³/mol. The molecular weight excluding hydrogens is 442 g/mol. The number of aryl methyl sites for hydroxylation is 1. The van der Waals surface area contributed by atoms with E-state index in [1.54, 1.807) is 29.1 Å². The molecule has 3 heterocycles. The second-order valence-corrected chi connectivity index (χ2v) is 8.72. The number of nitrogens with one attached hydrogen (secondary N) is 1. The number of nitriles is 1. The number of aromatic nitrogens is 3. The van der Waals surface area contributed by atoms with Gasteiger partial charge < -0.3 is 20.3 Å². The average molecular weight is 470 g/mol. The third kappa shape index (κ3) is 5.11. The molecular formula is C27H27N5O3. The summed E-state index contributed by atoms with van der Waals surface area (Å²) in [5, 5.41) is 37.4. The molecule has 0 spiro atoms. The smallest absolute Gasteiger partial charge is 0.153 e. The van der Waals surface area contributed by atoms with Crippen LogP contribution in [0.25, 0.3) is 10.9 Å². The van der Waals surface area contributed by atoms with Crippen molar-refractivity contribution < 1.29 is 14.9 Å². The molecule has 4 aromatic rings. The van der Waals surface area contributed by atoms with E-state index in [9.17, 15) is 15.5 Å². The molecule has 0 fully saturated rings. The van der Waals surface area contributed by atoms with Gasteiger partial charge in [0.2, 0.25) is 0 Å². The Morgan fingerprint density at radius 2 is 2.06 bits per heavy atom. The van der Waals surface area contributed by atoms with Gasteiger partial charge >= 0.3 is 0 Å². The molecule has 8 heteroatoms. The van der Waals surface area contributed by atoms with Crippen molar-refractivity contribution in [3.63, 3.8) is 0 Å². The van der Waals surface area contributed by atoms with Gasteiger partial charge in [0.1, 0.15) is 11.6 Å². The van der Waals surface area contributed by atoms with Crippen LogP contribution in [0.1, 0.15) is 41.3 Å². The molecule has 1 unspecified atom stereocenters. The summed E-state index contributed by atoms with van der Waals surface area (Å²) in [4.78, 5) is 4.72. The summed E-state index contributed by atoms with van der Waals surface area (Å²) >= 11 is 0. The van der Waals surface area contributed by atoms with E-state index in [-0.39, 0.29) is 6.42 Å². The summed E-state index contributed by atoms with van der Waals surface area (Å²) in [5.41, 5.74) is 4.41. The maximum atomic E-state index is 9.70. The molecule has 0 saturated carbocycles. The van der Waals surface area contributed by atoms with Crippen molar-refractivity contribution in [3.05, 3.63) is 83.2 Å². The molecule has 1 atom stereocenters. The minimum Gasteiger partial charge on any atom is -0.493 e. The molecule has 3 N–H and O–H groups in total. The molecule has 5 rings (SSSR count). The molecule has 178 valence electrons. The van der Waals surface area contributed by atoms with Crippen LogP contribution in [-0.2, 0) is 12.8 Å². The number of ether oxygens (including phenoxy) is 1. The van der Waals surface area contributed by atoms with E-state index in [0.717, 1.165) is 53.1 Å². The van der Waals surface area contributed by atoms with Crippen LogP contribution in [0.5, 0.6) is 5.75 Å². The van der Waals surface area contributed by atoms with Crippen LogP contribution in [-0.4, -0.2) is 44.4 Å². The third-order valence-corrected chi connectivity index (χ3v) is 6.28. The molecule has 0 radical (unpaired) electrons. The summed E-state index contributed by atoms with van der Waals surface area (Å²) in [7, 11) is 0. The summed E-state index contributed by atoms with van der Waals surface area (Å²) in [5.74, 6) is 1.73. The predicted octanol–water partition coefficient (Wildman–Crippen LogP) is 3.57. The lowest BCUT2D eigenvalue weighted by atomic mass is 10.0. The Morgan fingerprint density at radius 3 is 2.91 bits per heavy atom. The van der Waals surface area contributed by atoms with Crippen molar-refractivity contribution >= 4 is 16.7 Å². The van der Waals surface area contributed by atoms with E-state index >= 15 is 0 Å².